The van der Waals surface area contributed by atoms with E-state index in [1.54, 1.807) is 12.1 Å². The number of sulfonamides is 1. The second kappa shape index (κ2) is 8.14. The Morgan fingerprint density at radius 2 is 1.83 bits per heavy atom. The van der Waals surface area contributed by atoms with Gasteiger partial charge in [0.1, 0.15) is 15.6 Å². The molecule has 1 saturated heterocycles. The van der Waals surface area contributed by atoms with Crippen LogP contribution in [0.15, 0.2) is 47.4 Å². The number of esters is 1. The Morgan fingerprint density at radius 3 is 2.50 bits per heavy atom. The Balaban J connectivity index is 1.69. The van der Waals surface area contributed by atoms with Crippen molar-refractivity contribution >= 4 is 54.7 Å². The molecule has 4 rings (SSSR count). The molecular weight excluding hydrogens is 451 g/mol. The highest BCUT2D eigenvalue weighted by atomic mass is 35.5. The average molecular weight is 469 g/mol. The first-order valence-electron chi connectivity index (χ1n) is 9.13. The number of ether oxygens (including phenoxy) is 1. The lowest BCUT2D eigenvalue weighted by Crippen LogP contribution is -2.48. The van der Waals surface area contributed by atoms with Crippen LogP contribution in [0.4, 0.5) is 10.1 Å². The van der Waals surface area contributed by atoms with Crippen molar-refractivity contribution in [2.45, 2.75) is 4.90 Å². The summed E-state index contributed by atoms with van der Waals surface area (Å²) in [5.41, 5.74) is 0.904. The van der Waals surface area contributed by atoms with E-state index in [1.165, 1.54) is 23.5 Å². The van der Waals surface area contributed by atoms with Gasteiger partial charge < -0.3 is 9.64 Å². The molecule has 0 unspecified atom stereocenters. The number of benzene rings is 2. The first kappa shape index (κ1) is 21.0. The SMILES string of the molecule is COC(=O)c1sc2cccc(F)c2c1S(=O)(=O)N1CCN(c2cccc(Cl)c2)CC1. The molecule has 10 heteroatoms. The minimum atomic E-state index is -4.12. The predicted molar refractivity (Wildman–Crippen MR) is 116 cm³/mol. The smallest absolute Gasteiger partial charge is 0.349 e. The van der Waals surface area contributed by atoms with Gasteiger partial charge >= 0.3 is 5.97 Å². The van der Waals surface area contributed by atoms with Crippen LogP contribution < -0.4 is 4.90 Å². The second-order valence-electron chi connectivity index (χ2n) is 6.74. The van der Waals surface area contributed by atoms with E-state index < -0.39 is 21.8 Å². The van der Waals surface area contributed by atoms with Gasteiger partial charge in [-0.25, -0.2) is 17.6 Å². The van der Waals surface area contributed by atoms with Crippen molar-refractivity contribution < 1.29 is 22.3 Å². The van der Waals surface area contributed by atoms with Gasteiger partial charge in [0.25, 0.3) is 0 Å². The molecule has 1 fully saturated rings. The maximum absolute atomic E-state index is 14.6. The van der Waals surface area contributed by atoms with Gasteiger partial charge in [0.2, 0.25) is 10.0 Å². The lowest BCUT2D eigenvalue weighted by Gasteiger charge is -2.35. The summed E-state index contributed by atoms with van der Waals surface area (Å²) in [5.74, 6) is -1.48. The third kappa shape index (κ3) is 3.66. The van der Waals surface area contributed by atoms with Crippen LogP contribution in [0.1, 0.15) is 9.67 Å². The van der Waals surface area contributed by atoms with Crippen LogP contribution in [0.5, 0.6) is 0 Å². The van der Waals surface area contributed by atoms with Crippen molar-refractivity contribution in [1.29, 1.82) is 0 Å². The van der Waals surface area contributed by atoms with Crippen LogP contribution in [-0.2, 0) is 14.8 Å². The Labute approximate surface area is 182 Å². The van der Waals surface area contributed by atoms with Gasteiger partial charge in [0.15, 0.2) is 0 Å². The Kier molecular flexibility index (Phi) is 5.71. The van der Waals surface area contributed by atoms with Crippen LogP contribution in [-0.4, -0.2) is 52.0 Å². The van der Waals surface area contributed by atoms with E-state index in [4.69, 9.17) is 16.3 Å². The molecule has 2 aromatic carbocycles. The minimum Gasteiger partial charge on any atom is -0.465 e. The maximum Gasteiger partial charge on any atom is 0.349 e. The molecule has 0 amide bonds. The molecule has 1 aliphatic heterocycles. The van der Waals surface area contributed by atoms with E-state index in [0.29, 0.717) is 22.8 Å². The van der Waals surface area contributed by atoms with Gasteiger partial charge in [-0.05, 0) is 30.3 Å². The van der Waals surface area contributed by atoms with Crippen LogP contribution in [0.3, 0.4) is 0 Å². The van der Waals surface area contributed by atoms with Crippen molar-refractivity contribution in [2.75, 3.05) is 38.2 Å². The van der Waals surface area contributed by atoms with Gasteiger partial charge in [0.05, 0.1) is 7.11 Å². The summed E-state index contributed by atoms with van der Waals surface area (Å²) in [6.45, 7) is 1.28. The topological polar surface area (TPSA) is 66.9 Å². The summed E-state index contributed by atoms with van der Waals surface area (Å²) in [7, 11) is -2.95. The predicted octanol–water partition coefficient (Wildman–Crippen LogP) is 3.99. The van der Waals surface area contributed by atoms with Crippen LogP contribution in [0, 0.1) is 5.82 Å². The number of nitrogens with zero attached hydrogens (tertiary/aromatic N) is 2. The third-order valence-corrected chi connectivity index (χ3v) is 8.47. The van der Waals surface area contributed by atoms with Crippen molar-refractivity contribution in [3.05, 3.63) is 58.2 Å². The summed E-state index contributed by atoms with van der Waals surface area (Å²) in [6.07, 6.45) is 0. The fourth-order valence-electron chi connectivity index (χ4n) is 3.54. The number of hydrogen-bond donors (Lipinski definition) is 0. The zero-order valence-corrected chi connectivity index (χ0v) is 18.4. The zero-order chi connectivity index (χ0) is 21.5. The van der Waals surface area contributed by atoms with Gasteiger partial charge in [0, 0.05) is 47.0 Å². The number of anilines is 1. The Morgan fingerprint density at radius 1 is 1.13 bits per heavy atom. The van der Waals surface area contributed by atoms with E-state index in [0.717, 1.165) is 17.0 Å². The lowest BCUT2D eigenvalue weighted by molar-refractivity contribution is 0.0602. The average Bonchev–Trinajstić information content (AvgIpc) is 3.15. The van der Waals surface area contributed by atoms with E-state index in [2.05, 4.69) is 0 Å². The molecule has 0 radical (unpaired) electrons. The van der Waals surface area contributed by atoms with E-state index in [9.17, 15) is 17.6 Å². The Bertz CT molecular complexity index is 1220. The molecule has 158 valence electrons. The number of carbonyl (C=O) groups excluding carboxylic acids is 1. The van der Waals surface area contributed by atoms with Crippen molar-refractivity contribution in [2.24, 2.45) is 0 Å². The number of carbonyl (C=O) groups is 1. The summed E-state index contributed by atoms with van der Waals surface area (Å²) in [6, 6.07) is 11.6. The molecule has 3 aromatic rings. The standard InChI is InChI=1S/C20H18ClFN2O4S2/c1-28-20(25)18-19(17-15(22)6-3-7-16(17)29-18)30(26,27)24-10-8-23(9-11-24)14-5-2-4-13(21)12-14/h2-7,12H,8-11H2,1H3. The van der Waals surface area contributed by atoms with Crippen LogP contribution in [0.25, 0.3) is 10.1 Å². The number of thiophene rings is 1. The highest BCUT2D eigenvalue weighted by molar-refractivity contribution is 7.89. The Hall–Kier alpha value is -2.20. The quantitative estimate of drug-likeness (QED) is 0.541. The fraction of sp³-hybridized carbons (Fsp3) is 0.250. The molecule has 0 N–H and O–H groups in total. The van der Waals surface area contributed by atoms with Crippen molar-refractivity contribution in [1.82, 2.24) is 4.31 Å². The first-order valence-corrected chi connectivity index (χ1v) is 11.8. The molecule has 1 aliphatic rings. The van der Waals surface area contributed by atoms with Gasteiger partial charge in [-0.1, -0.05) is 23.7 Å². The van der Waals surface area contributed by atoms with Crippen molar-refractivity contribution in [3.63, 3.8) is 0 Å². The largest absolute Gasteiger partial charge is 0.465 e. The van der Waals surface area contributed by atoms with E-state index in [1.807, 2.05) is 23.1 Å². The zero-order valence-electron chi connectivity index (χ0n) is 16.0. The number of piperazine rings is 1. The normalized spacial score (nSPS) is 15.5. The summed E-state index contributed by atoms with van der Waals surface area (Å²) in [5, 5.41) is 0.533. The van der Waals surface area contributed by atoms with Crippen molar-refractivity contribution in [3.8, 4) is 0 Å². The summed E-state index contributed by atoms with van der Waals surface area (Å²) >= 11 is 6.97. The fourth-order valence-corrected chi connectivity index (χ4v) is 6.95. The highest BCUT2D eigenvalue weighted by Gasteiger charge is 2.36. The van der Waals surface area contributed by atoms with Gasteiger partial charge in [-0.15, -0.1) is 11.3 Å². The monoisotopic (exact) mass is 468 g/mol. The molecule has 1 aromatic heterocycles. The molecule has 0 atom stereocenters. The van der Waals surface area contributed by atoms with Gasteiger partial charge in [-0.3, -0.25) is 0 Å². The number of hydrogen-bond acceptors (Lipinski definition) is 6. The number of halogens is 2. The summed E-state index contributed by atoms with van der Waals surface area (Å²) < 4.78 is 48.0. The van der Waals surface area contributed by atoms with Crippen LogP contribution in [0.2, 0.25) is 5.02 Å². The highest BCUT2D eigenvalue weighted by Crippen LogP contribution is 2.38. The third-order valence-electron chi connectivity index (χ3n) is 5.00. The number of rotatable bonds is 4. The molecule has 30 heavy (non-hydrogen) atoms. The second-order valence-corrected chi connectivity index (χ2v) is 10.1. The lowest BCUT2D eigenvalue weighted by atomic mass is 10.2. The minimum absolute atomic E-state index is 0.0693. The molecule has 0 aliphatic carbocycles. The maximum atomic E-state index is 14.6. The summed E-state index contributed by atoms with van der Waals surface area (Å²) in [4.78, 5) is 13.9. The first-order chi connectivity index (χ1) is 14.3. The number of methoxy groups -OCH3 is 1. The molecule has 2 heterocycles. The van der Waals surface area contributed by atoms with Crippen LogP contribution >= 0.6 is 22.9 Å². The molecular formula is C20H18ClFN2O4S2. The molecule has 0 bridgehead atoms. The van der Waals surface area contributed by atoms with Gasteiger partial charge in [-0.2, -0.15) is 4.31 Å². The molecule has 6 nitrogen and oxygen atoms in total. The van der Waals surface area contributed by atoms with E-state index in [-0.39, 0.29) is 28.2 Å². The molecule has 0 saturated carbocycles. The number of fused-ring (bicyclic) bond motifs is 1. The van der Waals surface area contributed by atoms with E-state index >= 15 is 0 Å². The molecule has 0 spiro atoms.